The van der Waals surface area contributed by atoms with E-state index in [1.54, 1.807) is 32.1 Å². The zero-order valence-corrected chi connectivity index (χ0v) is 23.2. The van der Waals surface area contributed by atoms with Gasteiger partial charge in [-0.2, -0.15) is 0 Å². The number of thiazole rings is 1. The van der Waals surface area contributed by atoms with E-state index >= 15 is 0 Å². The summed E-state index contributed by atoms with van der Waals surface area (Å²) in [6, 6.07) is 0. The number of aliphatic hydroxyl groups excluding tert-OH is 5. The number of rotatable bonds is 2. The summed E-state index contributed by atoms with van der Waals surface area (Å²) in [6.45, 7) is 13.1. The minimum Gasteiger partial charge on any atom is -0.393 e. The summed E-state index contributed by atoms with van der Waals surface area (Å²) in [4.78, 5) is 4.48. The minimum atomic E-state index is -1.29. The highest BCUT2D eigenvalue weighted by Crippen LogP contribution is 2.36. The van der Waals surface area contributed by atoms with Crippen molar-refractivity contribution in [3.05, 3.63) is 21.7 Å². The van der Waals surface area contributed by atoms with Gasteiger partial charge >= 0.3 is 0 Å². The largest absolute Gasteiger partial charge is 0.393 e. The van der Waals surface area contributed by atoms with E-state index in [1.165, 1.54) is 0 Å². The Morgan fingerprint density at radius 2 is 1.69 bits per heavy atom. The van der Waals surface area contributed by atoms with Gasteiger partial charge in [0.15, 0.2) is 6.29 Å². The lowest BCUT2D eigenvalue weighted by molar-refractivity contribution is -0.173. The minimum absolute atomic E-state index is 0.0114. The first kappa shape index (κ1) is 30.4. The van der Waals surface area contributed by atoms with Crippen LogP contribution in [-0.4, -0.2) is 67.3 Å². The molecule has 0 spiro atoms. The first-order valence-electron chi connectivity index (χ1n) is 12.9. The van der Waals surface area contributed by atoms with Crippen molar-refractivity contribution in [2.24, 2.45) is 23.2 Å². The molecule has 5 N–H and O–H groups in total. The van der Waals surface area contributed by atoms with Crippen molar-refractivity contribution in [2.75, 3.05) is 0 Å². The number of aromatic nitrogens is 1. The Bertz CT molecular complexity index is 811. The molecule has 202 valence electrons. The fourth-order valence-electron chi connectivity index (χ4n) is 5.02. The summed E-state index contributed by atoms with van der Waals surface area (Å²) < 4.78 is 5.99. The van der Waals surface area contributed by atoms with Crippen LogP contribution in [0.2, 0.25) is 0 Å². The van der Waals surface area contributed by atoms with Crippen LogP contribution in [0.25, 0.3) is 6.08 Å². The van der Waals surface area contributed by atoms with Crippen molar-refractivity contribution < 1.29 is 30.3 Å². The summed E-state index contributed by atoms with van der Waals surface area (Å²) in [5.41, 5.74) is 0.665. The highest BCUT2D eigenvalue weighted by atomic mass is 32.1. The Balaban J connectivity index is 2.31. The van der Waals surface area contributed by atoms with Crippen molar-refractivity contribution in [2.45, 2.75) is 117 Å². The predicted molar refractivity (Wildman–Crippen MR) is 140 cm³/mol. The highest BCUT2D eigenvalue weighted by Gasteiger charge is 2.42. The van der Waals surface area contributed by atoms with Crippen LogP contribution < -0.4 is 0 Å². The van der Waals surface area contributed by atoms with E-state index in [9.17, 15) is 25.5 Å². The molecular formula is C27H47NO6S. The average molecular weight is 514 g/mol. The summed E-state index contributed by atoms with van der Waals surface area (Å²) in [7, 11) is 0. The van der Waals surface area contributed by atoms with E-state index in [0.29, 0.717) is 6.42 Å². The summed E-state index contributed by atoms with van der Waals surface area (Å²) in [5, 5.41) is 57.5. The van der Waals surface area contributed by atoms with E-state index in [1.807, 2.05) is 39.2 Å². The maximum atomic E-state index is 11.1. The monoisotopic (exact) mass is 513 g/mol. The van der Waals surface area contributed by atoms with Crippen LogP contribution in [0.1, 0.15) is 84.3 Å². The van der Waals surface area contributed by atoms with Crippen molar-refractivity contribution in [3.63, 3.8) is 0 Å². The summed E-state index contributed by atoms with van der Waals surface area (Å²) in [6.07, 6.45) is -0.732. The molecule has 1 aliphatic heterocycles. The fraction of sp³-hybridized carbons (Fsp3) is 0.815. The van der Waals surface area contributed by atoms with E-state index in [4.69, 9.17) is 4.74 Å². The first-order valence-corrected chi connectivity index (χ1v) is 13.8. The molecule has 35 heavy (non-hydrogen) atoms. The van der Waals surface area contributed by atoms with Crippen LogP contribution in [0.3, 0.4) is 0 Å². The molecule has 1 aliphatic rings. The Kier molecular flexibility index (Phi) is 11.3. The molecule has 2 heterocycles. The zero-order chi connectivity index (χ0) is 26.5. The number of aliphatic hydroxyl groups is 5. The van der Waals surface area contributed by atoms with Gasteiger partial charge in [-0.3, -0.25) is 0 Å². The molecule has 0 saturated carbocycles. The lowest BCUT2D eigenvalue weighted by Crippen LogP contribution is -2.49. The van der Waals surface area contributed by atoms with Gasteiger partial charge in [0.1, 0.15) is 0 Å². The first-order chi connectivity index (χ1) is 16.2. The van der Waals surface area contributed by atoms with Crippen LogP contribution in [0.4, 0.5) is 0 Å². The Morgan fingerprint density at radius 1 is 1.06 bits per heavy atom. The van der Waals surface area contributed by atoms with Gasteiger partial charge in [-0.15, -0.1) is 11.3 Å². The van der Waals surface area contributed by atoms with E-state index in [0.717, 1.165) is 35.5 Å². The second-order valence-corrected chi connectivity index (χ2v) is 12.4. The molecule has 7 nitrogen and oxygen atoms in total. The fourth-order valence-corrected chi connectivity index (χ4v) is 5.59. The standard InChI is InChI=1S/C27H47NO6S/c1-15-9-8-10-16(2)25(32)18(4)26(33)27(6,7)23(30)13-24(31)34-22(12-21(15)29)17(3)11-20-14-35-19(5)28-20/h11,14-16,18,21-26,29-33H,8-10,12-13H2,1-7H3/b17-11+/t15?,16?,18-,21-,22?,23+,24?,25?,26?/m1/s1. The van der Waals surface area contributed by atoms with Gasteiger partial charge < -0.3 is 30.3 Å². The van der Waals surface area contributed by atoms with Gasteiger partial charge in [0, 0.05) is 29.6 Å². The molecule has 0 aliphatic carbocycles. The smallest absolute Gasteiger partial charge is 0.157 e. The van der Waals surface area contributed by atoms with Gasteiger partial charge in [0.05, 0.1) is 41.2 Å². The van der Waals surface area contributed by atoms with Crippen LogP contribution in [0.15, 0.2) is 11.0 Å². The number of nitrogens with zero attached hydrogens (tertiary/aromatic N) is 1. The molecule has 6 unspecified atom stereocenters. The molecule has 1 aromatic rings. The van der Waals surface area contributed by atoms with Crippen LogP contribution in [-0.2, 0) is 4.74 Å². The molecule has 0 radical (unpaired) electrons. The molecule has 9 atom stereocenters. The number of aryl methyl sites for hydroxylation is 1. The third-order valence-electron chi connectivity index (χ3n) is 7.94. The highest BCUT2D eigenvalue weighted by molar-refractivity contribution is 7.09. The van der Waals surface area contributed by atoms with Gasteiger partial charge in [-0.25, -0.2) is 4.98 Å². The molecule has 0 bridgehead atoms. The Labute approximate surface area is 214 Å². The van der Waals surface area contributed by atoms with Crippen molar-refractivity contribution in [1.29, 1.82) is 0 Å². The SMILES string of the molecule is C/C(=C\c1csc(C)n1)C1C[C@@H](O)C(C)CCCC(C)C(O)[C@@H](C)C(O)C(C)(C)[C@@H](O)CC(O)O1. The lowest BCUT2D eigenvalue weighted by Gasteiger charge is -2.41. The van der Waals surface area contributed by atoms with Gasteiger partial charge in [0.2, 0.25) is 0 Å². The van der Waals surface area contributed by atoms with E-state index < -0.39 is 48.1 Å². The maximum Gasteiger partial charge on any atom is 0.157 e. The third kappa shape index (κ3) is 8.32. The van der Waals surface area contributed by atoms with Crippen molar-refractivity contribution >= 4 is 17.4 Å². The number of hydrogen-bond acceptors (Lipinski definition) is 8. The van der Waals surface area contributed by atoms with Crippen LogP contribution >= 0.6 is 11.3 Å². The van der Waals surface area contributed by atoms with E-state index in [-0.39, 0.29) is 18.3 Å². The summed E-state index contributed by atoms with van der Waals surface area (Å²) in [5.74, 6) is -0.473. The molecule has 2 rings (SSSR count). The quantitative estimate of drug-likeness (QED) is 0.406. The predicted octanol–water partition coefficient (Wildman–Crippen LogP) is 3.90. The van der Waals surface area contributed by atoms with E-state index in [2.05, 4.69) is 4.98 Å². The Morgan fingerprint density at radius 3 is 2.29 bits per heavy atom. The van der Waals surface area contributed by atoms with Crippen LogP contribution in [0.5, 0.6) is 0 Å². The van der Waals surface area contributed by atoms with Crippen molar-refractivity contribution in [1.82, 2.24) is 4.98 Å². The normalized spacial score (nSPS) is 38.9. The third-order valence-corrected chi connectivity index (χ3v) is 8.73. The van der Waals surface area contributed by atoms with Gasteiger partial charge in [-0.1, -0.05) is 41.0 Å². The van der Waals surface area contributed by atoms with Crippen molar-refractivity contribution in [3.8, 4) is 0 Å². The molecule has 0 aromatic carbocycles. The molecule has 8 heteroatoms. The number of hydrogen-bond donors (Lipinski definition) is 5. The number of ether oxygens (including phenoxy) is 1. The topological polar surface area (TPSA) is 123 Å². The zero-order valence-electron chi connectivity index (χ0n) is 22.4. The lowest BCUT2D eigenvalue weighted by atomic mass is 9.71. The van der Waals surface area contributed by atoms with Crippen LogP contribution in [0, 0.1) is 30.1 Å². The second kappa shape index (κ2) is 13.1. The average Bonchev–Trinajstić information content (AvgIpc) is 3.20. The molecule has 0 amide bonds. The maximum absolute atomic E-state index is 11.1. The molecule has 1 aromatic heterocycles. The van der Waals surface area contributed by atoms with Gasteiger partial charge in [0.25, 0.3) is 0 Å². The Hall–Kier alpha value is -0.870. The molecule has 1 saturated heterocycles. The molecular weight excluding hydrogens is 466 g/mol. The molecule has 1 fully saturated rings. The second-order valence-electron chi connectivity index (χ2n) is 11.3. The van der Waals surface area contributed by atoms with Gasteiger partial charge in [-0.05, 0) is 50.2 Å². The summed E-state index contributed by atoms with van der Waals surface area (Å²) >= 11 is 1.55.